The summed E-state index contributed by atoms with van der Waals surface area (Å²) in [5.74, 6) is 1.20. The molecule has 5 nitrogen and oxygen atoms in total. The number of anilines is 2. The van der Waals surface area contributed by atoms with Gasteiger partial charge < -0.3 is 10.6 Å². The summed E-state index contributed by atoms with van der Waals surface area (Å²) in [6.45, 7) is 2.53. The Morgan fingerprint density at radius 2 is 1.73 bits per heavy atom. The van der Waals surface area contributed by atoms with Crippen molar-refractivity contribution in [2.75, 3.05) is 5.32 Å². The standard InChI is InChI=1S/C25H22N4O/c1-18-7-5-10-20(15-18)24-26-14-13-23(29-24)28-22-12-6-11-21(16-22)25(30)27-17-19-8-3-2-4-9-19/h2-16H,17H2,1H3,(H,27,30)(H,26,28,29). The van der Waals surface area contributed by atoms with E-state index in [4.69, 9.17) is 0 Å². The third-order valence-electron chi connectivity index (χ3n) is 4.62. The number of hydrogen-bond donors (Lipinski definition) is 2. The first-order chi connectivity index (χ1) is 14.7. The molecule has 0 fully saturated rings. The van der Waals surface area contributed by atoms with Crippen molar-refractivity contribution in [1.29, 1.82) is 0 Å². The third-order valence-corrected chi connectivity index (χ3v) is 4.62. The highest BCUT2D eigenvalue weighted by atomic mass is 16.1. The smallest absolute Gasteiger partial charge is 0.251 e. The Hall–Kier alpha value is -3.99. The molecule has 2 N–H and O–H groups in total. The van der Waals surface area contributed by atoms with Crippen LogP contribution in [0.25, 0.3) is 11.4 Å². The fourth-order valence-corrected chi connectivity index (χ4v) is 3.12. The van der Waals surface area contributed by atoms with Gasteiger partial charge in [0.25, 0.3) is 5.91 Å². The minimum atomic E-state index is -0.120. The molecule has 0 aliphatic carbocycles. The van der Waals surface area contributed by atoms with Crippen molar-refractivity contribution in [3.8, 4) is 11.4 Å². The first-order valence-corrected chi connectivity index (χ1v) is 9.77. The van der Waals surface area contributed by atoms with E-state index < -0.39 is 0 Å². The molecule has 148 valence electrons. The van der Waals surface area contributed by atoms with Gasteiger partial charge in [-0.15, -0.1) is 0 Å². The number of hydrogen-bond acceptors (Lipinski definition) is 4. The predicted octanol–water partition coefficient (Wildman–Crippen LogP) is 5.13. The molecule has 5 heteroatoms. The van der Waals surface area contributed by atoms with Gasteiger partial charge in [0.15, 0.2) is 5.82 Å². The second-order valence-corrected chi connectivity index (χ2v) is 7.01. The highest BCUT2D eigenvalue weighted by Crippen LogP contribution is 2.20. The normalized spacial score (nSPS) is 10.4. The molecule has 0 bridgehead atoms. The zero-order chi connectivity index (χ0) is 20.8. The van der Waals surface area contributed by atoms with Crippen molar-refractivity contribution in [2.45, 2.75) is 13.5 Å². The van der Waals surface area contributed by atoms with Gasteiger partial charge in [0.1, 0.15) is 5.82 Å². The number of amides is 1. The van der Waals surface area contributed by atoms with Gasteiger partial charge in [-0.1, -0.05) is 60.2 Å². The topological polar surface area (TPSA) is 66.9 Å². The Morgan fingerprint density at radius 1 is 0.900 bits per heavy atom. The van der Waals surface area contributed by atoms with Crippen LogP contribution in [-0.2, 0) is 6.54 Å². The van der Waals surface area contributed by atoms with Gasteiger partial charge in [0, 0.05) is 29.6 Å². The van der Waals surface area contributed by atoms with E-state index in [9.17, 15) is 4.79 Å². The van der Waals surface area contributed by atoms with Gasteiger partial charge in [0.05, 0.1) is 0 Å². The van der Waals surface area contributed by atoms with E-state index in [1.54, 1.807) is 18.3 Å². The maximum absolute atomic E-state index is 12.5. The summed E-state index contributed by atoms with van der Waals surface area (Å²) in [6, 6.07) is 27.1. The summed E-state index contributed by atoms with van der Waals surface area (Å²) in [5.41, 5.74) is 4.56. The largest absolute Gasteiger partial charge is 0.348 e. The lowest BCUT2D eigenvalue weighted by Gasteiger charge is -2.10. The van der Waals surface area contributed by atoms with Crippen molar-refractivity contribution in [2.24, 2.45) is 0 Å². The molecular weight excluding hydrogens is 372 g/mol. The predicted molar refractivity (Wildman–Crippen MR) is 120 cm³/mol. The molecule has 0 atom stereocenters. The SMILES string of the molecule is Cc1cccc(-c2nccc(Nc3cccc(C(=O)NCc4ccccc4)c3)n2)c1. The summed E-state index contributed by atoms with van der Waals surface area (Å²) in [7, 11) is 0. The van der Waals surface area contributed by atoms with Crippen LogP contribution in [0.15, 0.2) is 91.1 Å². The number of carbonyl (C=O) groups is 1. The molecule has 1 amide bonds. The van der Waals surface area contributed by atoms with E-state index in [-0.39, 0.29) is 5.91 Å². The maximum Gasteiger partial charge on any atom is 0.251 e. The second-order valence-electron chi connectivity index (χ2n) is 7.01. The number of nitrogens with zero attached hydrogens (tertiary/aromatic N) is 2. The van der Waals surface area contributed by atoms with E-state index in [0.717, 1.165) is 22.4 Å². The molecular formula is C25H22N4O. The molecule has 0 aliphatic rings. The van der Waals surface area contributed by atoms with Gasteiger partial charge >= 0.3 is 0 Å². The first-order valence-electron chi connectivity index (χ1n) is 9.77. The van der Waals surface area contributed by atoms with Crippen LogP contribution in [0.5, 0.6) is 0 Å². The first kappa shape index (κ1) is 19.3. The maximum atomic E-state index is 12.5. The van der Waals surface area contributed by atoms with Crippen molar-refractivity contribution >= 4 is 17.4 Å². The quantitative estimate of drug-likeness (QED) is 0.476. The lowest BCUT2D eigenvalue weighted by molar-refractivity contribution is 0.0951. The lowest BCUT2D eigenvalue weighted by Crippen LogP contribution is -2.22. The zero-order valence-electron chi connectivity index (χ0n) is 16.7. The molecule has 1 aromatic heterocycles. The second kappa shape index (κ2) is 9.01. The van der Waals surface area contributed by atoms with E-state index in [1.807, 2.05) is 73.7 Å². The van der Waals surface area contributed by atoms with Gasteiger partial charge in [0.2, 0.25) is 0 Å². The van der Waals surface area contributed by atoms with Crippen LogP contribution >= 0.6 is 0 Å². The molecule has 0 saturated heterocycles. The van der Waals surface area contributed by atoms with E-state index in [2.05, 4.69) is 26.7 Å². The minimum Gasteiger partial charge on any atom is -0.348 e. The van der Waals surface area contributed by atoms with Crippen molar-refractivity contribution in [3.63, 3.8) is 0 Å². The average molecular weight is 394 g/mol. The van der Waals surface area contributed by atoms with Gasteiger partial charge in [-0.05, 0) is 42.8 Å². The molecule has 0 unspecified atom stereocenters. The molecule has 0 aliphatic heterocycles. The molecule has 30 heavy (non-hydrogen) atoms. The number of benzene rings is 3. The fraction of sp³-hybridized carbons (Fsp3) is 0.0800. The number of rotatable bonds is 6. The van der Waals surface area contributed by atoms with Crippen molar-refractivity contribution < 1.29 is 4.79 Å². The summed E-state index contributed by atoms with van der Waals surface area (Å²) in [6.07, 6.45) is 1.73. The molecule has 0 saturated carbocycles. The molecule has 4 rings (SSSR count). The zero-order valence-corrected chi connectivity index (χ0v) is 16.7. The van der Waals surface area contributed by atoms with Gasteiger partial charge in [-0.25, -0.2) is 9.97 Å². The monoisotopic (exact) mass is 394 g/mol. The fourth-order valence-electron chi connectivity index (χ4n) is 3.12. The number of aryl methyl sites for hydroxylation is 1. The van der Waals surface area contributed by atoms with E-state index >= 15 is 0 Å². The van der Waals surface area contributed by atoms with Crippen LogP contribution in [0, 0.1) is 6.92 Å². The molecule has 1 heterocycles. The number of carbonyl (C=O) groups excluding carboxylic acids is 1. The molecule has 4 aromatic rings. The highest BCUT2D eigenvalue weighted by molar-refractivity contribution is 5.95. The Bertz CT molecular complexity index is 1160. The molecule has 0 spiro atoms. The average Bonchev–Trinajstić information content (AvgIpc) is 2.78. The van der Waals surface area contributed by atoms with Gasteiger partial charge in [-0.2, -0.15) is 0 Å². The summed E-state index contributed by atoms with van der Waals surface area (Å²) < 4.78 is 0. The van der Waals surface area contributed by atoms with Crippen molar-refractivity contribution in [3.05, 3.63) is 108 Å². The van der Waals surface area contributed by atoms with Crippen LogP contribution in [0.2, 0.25) is 0 Å². The molecule has 0 radical (unpaired) electrons. The lowest BCUT2D eigenvalue weighted by atomic mass is 10.1. The van der Waals surface area contributed by atoms with Crippen molar-refractivity contribution in [1.82, 2.24) is 15.3 Å². The molecule has 3 aromatic carbocycles. The third kappa shape index (κ3) is 4.89. The Labute approximate surface area is 175 Å². The highest BCUT2D eigenvalue weighted by Gasteiger charge is 2.08. The van der Waals surface area contributed by atoms with Gasteiger partial charge in [-0.3, -0.25) is 4.79 Å². The van der Waals surface area contributed by atoms with E-state index in [1.165, 1.54) is 0 Å². The summed E-state index contributed by atoms with van der Waals surface area (Å²) in [4.78, 5) is 21.5. The van der Waals surface area contributed by atoms with Crippen LogP contribution in [0.3, 0.4) is 0 Å². The van der Waals surface area contributed by atoms with Crippen LogP contribution in [0.1, 0.15) is 21.5 Å². The Balaban J connectivity index is 1.47. The van der Waals surface area contributed by atoms with Crippen LogP contribution in [-0.4, -0.2) is 15.9 Å². The number of nitrogens with one attached hydrogen (secondary N) is 2. The summed E-state index contributed by atoms with van der Waals surface area (Å²) in [5, 5.41) is 6.22. The number of aromatic nitrogens is 2. The minimum absolute atomic E-state index is 0.120. The summed E-state index contributed by atoms with van der Waals surface area (Å²) >= 11 is 0. The van der Waals surface area contributed by atoms with E-state index in [0.29, 0.717) is 23.8 Å². The van der Waals surface area contributed by atoms with Crippen LogP contribution < -0.4 is 10.6 Å². The Morgan fingerprint density at radius 3 is 2.57 bits per heavy atom. The van der Waals surface area contributed by atoms with Crippen LogP contribution in [0.4, 0.5) is 11.5 Å². The Kier molecular flexibility index (Phi) is 5.80.